The lowest BCUT2D eigenvalue weighted by Gasteiger charge is -2.07. The zero-order valence-electron chi connectivity index (χ0n) is 9.32. The molecule has 19 heavy (non-hydrogen) atoms. The molecule has 0 radical (unpaired) electrons. The highest BCUT2D eigenvalue weighted by Gasteiger charge is 2.21. The van der Waals surface area contributed by atoms with E-state index in [0.717, 1.165) is 21.5 Å². The predicted molar refractivity (Wildman–Crippen MR) is 72.4 cm³/mol. The van der Waals surface area contributed by atoms with Gasteiger partial charge in [0.25, 0.3) is 5.69 Å². The molecule has 0 aliphatic carbocycles. The van der Waals surface area contributed by atoms with Crippen molar-refractivity contribution in [1.29, 1.82) is 0 Å². The van der Waals surface area contributed by atoms with E-state index in [-0.39, 0.29) is 6.54 Å². The molecule has 100 valence electrons. The highest BCUT2D eigenvalue weighted by atomic mass is 79.9. The number of rotatable bonds is 4. The minimum Gasteiger partial charge on any atom is -0.373 e. The average molecular weight is 349 g/mol. The maximum atomic E-state index is 13.6. The summed E-state index contributed by atoms with van der Waals surface area (Å²) in [6.07, 6.45) is 0. The Labute approximate surface area is 119 Å². The Morgan fingerprint density at radius 3 is 2.74 bits per heavy atom. The number of hydrogen-bond acceptors (Lipinski definition) is 4. The highest BCUT2D eigenvalue weighted by molar-refractivity contribution is 9.11. The fourth-order valence-corrected chi connectivity index (χ4v) is 2.70. The zero-order valence-corrected chi connectivity index (χ0v) is 11.7. The number of thiophene rings is 1. The number of nitro benzene ring substituents is 1. The first kappa shape index (κ1) is 13.9. The number of anilines is 1. The Bertz CT molecular complexity index is 633. The summed E-state index contributed by atoms with van der Waals surface area (Å²) >= 11 is 4.70. The van der Waals surface area contributed by atoms with Gasteiger partial charge in [-0.05, 0) is 39.0 Å². The molecule has 0 fully saturated rings. The second-order valence-electron chi connectivity index (χ2n) is 3.63. The van der Waals surface area contributed by atoms with Crippen LogP contribution in [0.15, 0.2) is 27.4 Å². The summed E-state index contributed by atoms with van der Waals surface area (Å²) in [5.74, 6) is -2.37. The van der Waals surface area contributed by atoms with Crippen molar-refractivity contribution in [3.63, 3.8) is 0 Å². The zero-order chi connectivity index (χ0) is 14.0. The maximum absolute atomic E-state index is 13.6. The Morgan fingerprint density at radius 1 is 1.42 bits per heavy atom. The number of nitrogens with one attached hydrogen (secondary N) is 1. The third-order valence-electron chi connectivity index (χ3n) is 2.36. The van der Waals surface area contributed by atoms with Crippen molar-refractivity contribution in [2.45, 2.75) is 6.54 Å². The molecule has 0 unspecified atom stereocenters. The van der Waals surface area contributed by atoms with Crippen molar-refractivity contribution >= 4 is 38.6 Å². The van der Waals surface area contributed by atoms with Gasteiger partial charge in [0.1, 0.15) is 0 Å². The van der Waals surface area contributed by atoms with Crippen LogP contribution in [0.2, 0.25) is 0 Å². The van der Waals surface area contributed by atoms with E-state index >= 15 is 0 Å². The lowest BCUT2D eigenvalue weighted by atomic mass is 10.2. The van der Waals surface area contributed by atoms with Crippen LogP contribution in [0.3, 0.4) is 0 Å². The molecule has 0 atom stereocenters. The van der Waals surface area contributed by atoms with E-state index < -0.39 is 27.9 Å². The molecule has 1 heterocycles. The van der Waals surface area contributed by atoms with Crippen LogP contribution < -0.4 is 5.32 Å². The van der Waals surface area contributed by atoms with Crippen LogP contribution in [-0.4, -0.2) is 4.92 Å². The molecule has 4 nitrogen and oxygen atoms in total. The Hall–Kier alpha value is -1.54. The molecule has 0 saturated carbocycles. The second-order valence-corrected chi connectivity index (χ2v) is 5.92. The van der Waals surface area contributed by atoms with Crippen molar-refractivity contribution < 1.29 is 13.7 Å². The van der Waals surface area contributed by atoms with Gasteiger partial charge in [0.15, 0.2) is 17.3 Å². The van der Waals surface area contributed by atoms with Gasteiger partial charge in [-0.1, -0.05) is 0 Å². The summed E-state index contributed by atoms with van der Waals surface area (Å²) in [4.78, 5) is 10.0. The van der Waals surface area contributed by atoms with Crippen LogP contribution >= 0.6 is 27.3 Å². The number of nitrogens with zero attached hydrogens (tertiary/aromatic N) is 1. The average Bonchev–Trinajstić information content (AvgIpc) is 2.76. The smallest absolute Gasteiger partial charge is 0.295 e. The van der Waals surface area contributed by atoms with Gasteiger partial charge in [0, 0.05) is 12.6 Å². The Balaban J connectivity index is 2.28. The monoisotopic (exact) mass is 348 g/mol. The van der Waals surface area contributed by atoms with E-state index in [1.54, 1.807) is 11.4 Å². The van der Waals surface area contributed by atoms with E-state index in [1.807, 2.05) is 0 Å². The van der Waals surface area contributed by atoms with Gasteiger partial charge in [-0.15, -0.1) is 11.3 Å². The van der Waals surface area contributed by atoms with Crippen LogP contribution in [0.5, 0.6) is 0 Å². The van der Waals surface area contributed by atoms with E-state index in [0.29, 0.717) is 0 Å². The standard InChI is InChI=1S/C11H7BrF2N2O2S/c12-9-3-6(5-19-9)4-15-11-8(16(17)18)2-1-7(13)10(11)14/h1-3,5,15H,4H2. The van der Waals surface area contributed by atoms with Crippen molar-refractivity contribution in [1.82, 2.24) is 0 Å². The van der Waals surface area contributed by atoms with Crippen molar-refractivity contribution in [2.24, 2.45) is 0 Å². The lowest BCUT2D eigenvalue weighted by Crippen LogP contribution is -2.05. The number of benzene rings is 1. The molecule has 8 heteroatoms. The molecule has 1 N–H and O–H groups in total. The molecular formula is C11H7BrF2N2O2S. The van der Waals surface area contributed by atoms with E-state index in [4.69, 9.17) is 0 Å². The maximum Gasteiger partial charge on any atom is 0.295 e. The summed E-state index contributed by atoms with van der Waals surface area (Å²) in [6.45, 7) is 0.170. The summed E-state index contributed by atoms with van der Waals surface area (Å²) in [5.41, 5.74) is -0.115. The van der Waals surface area contributed by atoms with Gasteiger partial charge < -0.3 is 5.32 Å². The van der Waals surface area contributed by atoms with Crippen molar-refractivity contribution in [3.05, 3.63) is 54.7 Å². The SMILES string of the molecule is O=[N+]([O-])c1ccc(F)c(F)c1NCc1csc(Br)c1. The van der Waals surface area contributed by atoms with E-state index in [2.05, 4.69) is 21.2 Å². The minimum atomic E-state index is -1.25. The summed E-state index contributed by atoms with van der Waals surface area (Å²) in [6, 6.07) is 3.46. The molecule has 0 amide bonds. The van der Waals surface area contributed by atoms with Gasteiger partial charge in [-0.3, -0.25) is 10.1 Å². The summed E-state index contributed by atoms with van der Waals surface area (Å²) in [7, 11) is 0. The van der Waals surface area contributed by atoms with Crippen molar-refractivity contribution in [2.75, 3.05) is 5.32 Å². The molecule has 0 spiro atoms. The van der Waals surface area contributed by atoms with Gasteiger partial charge >= 0.3 is 0 Å². The lowest BCUT2D eigenvalue weighted by molar-refractivity contribution is -0.384. The van der Waals surface area contributed by atoms with Crippen LogP contribution in [0.1, 0.15) is 5.56 Å². The first-order valence-corrected chi connectivity index (χ1v) is 6.75. The van der Waals surface area contributed by atoms with Gasteiger partial charge in [0.2, 0.25) is 0 Å². The summed E-state index contributed by atoms with van der Waals surface area (Å²) in [5, 5.41) is 15.1. The normalized spacial score (nSPS) is 10.5. The largest absolute Gasteiger partial charge is 0.373 e. The van der Waals surface area contributed by atoms with E-state index in [9.17, 15) is 18.9 Å². The topological polar surface area (TPSA) is 55.2 Å². The van der Waals surface area contributed by atoms with Gasteiger partial charge in [-0.2, -0.15) is 0 Å². The molecule has 0 bridgehead atoms. The summed E-state index contributed by atoms with van der Waals surface area (Å²) < 4.78 is 27.6. The Morgan fingerprint density at radius 2 is 2.16 bits per heavy atom. The van der Waals surface area contributed by atoms with Gasteiger partial charge in [0.05, 0.1) is 8.71 Å². The number of halogens is 3. The van der Waals surface area contributed by atoms with Crippen LogP contribution in [0, 0.1) is 21.7 Å². The molecular weight excluding hydrogens is 342 g/mol. The molecule has 2 rings (SSSR count). The first-order valence-electron chi connectivity index (χ1n) is 5.08. The third-order valence-corrected chi connectivity index (χ3v) is 3.91. The van der Waals surface area contributed by atoms with Crippen LogP contribution in [0.25, 0.3) is 0 Å². The van der Waals surface area contributed by atoms with Gasteiger partial charge in [-0.25, -0.2) is 8.78 Å². The Kier molecular flexibility index (Phi) is 4.11. The van der Waals surface area contributed by atoms with E-state index in [1.165, 1.54) is 11.3 Å². The van der Waals surface area contributed by atoms with Crippen LogP contribution in [-0.2, 0) is 6.54 Å². The fraction of sp³-hybridized carbons (Fsp3) is 0.0909. The minimum absolute atomic E-state index is 0.170. The van der Waals surface area contributed by atoms with Crippen molar-refractivity contribution in [3.8, 4) is 0 Å². The molecule has 0 aliphatic heterocycles. The molecule has 2 aromatic rings. The quantitative estimate of drug-likeness (QED) is 0.661. The fourth-order valence-electron chi connectivity index (χ4n) is 1.49. The molecule has 0 aliphatic rings. The molecule has 1 aromatic heterocycles. The number of nitro groups is 1. The third kappa shape index (κ3) is 3.07. The second kappa shape index (κ2) is 5.62. The molecule has 0 saturated heterocycles. The van der Waals surface area contributed by atoms with Crippen LogP contribution in [0.4, 0.5) is 20.2 Å². The highest BCUT2D eigenvalue weighted by Crippen LogP contribution is 2.30. The first-order chi connectivity index (χ1) is 8.99. The number of hydrogen-bond donors (Lipinski definition) is 1. The predicted octanol–water partition coefficient (Wildman–Crippen LogP) is 4.31. The molecule has 1 aromatic carbocycles.